The molecule has 1 N–H and O–H groups in total. The molecule has 6 heteroatoms. The highest BCUT2D eigenvalue weighted by Crippen LogP contribution is 2.26. The lowest BCUT2D eigenvalue weighted by molar-refractivity contribution is 0.00481. The fraction of sp³-hybridized carbons (Fsp3) is 0.455. The fourth-order valence-corrected chi connectivity index (χ4v) is 1.56. The molecule has 1 unspecified atom stereocenters. The molecule has 0 saturated heterocycles. The normalized spacial score (nSPS) is 13.1. The minimum atomic E-state index is -2.49. The molecular weight excluding hydrogens is 273 g/mol. The second-order valence-electron chi connectivity index (χ2n) is 3.44. The van der Waals surface area contributed by atoms with Crippen molar-refractivity contribution in [1.29, 1.82) is 0 Å². The molecule has 0 saturated carbocycles. The highest BCUT2D eigenvalue weighted by molar-refractivity contribution is 6.42. The van der Waals surface area contributed by atoms with E-state index in [4.69, 9.17) is 23.2 Å². The van der Waals surface area contributed by atoms with E-state index in [0.717, 1.165) is 0 Å². The van der Waals surface area contributed by atoms with Crippen LogP contribution in [0.5, 0.6) is 0 Å². The number of benzene rings is 1. The van der Waals surface area contributed by atoms with E-state index in [0.29, 0.717) is 15.6 Å². The Hall–Kier alpha value is -0.420. The van der Waals surface area contributed by atoms with Gasteiger partial charge in [-0.3, -0.25) is 0 Å². The molecule has 0 aromatic heterocycles. The topological polar surface area (TPSA) is 29.5 Å². The third-order valence-electron chi connectivity index (χ3n) is 2.11. The van der Waals surface area contributed by atoms with Gasteiger partial charge in [-0.05, 0) is 17.7 Å². The van der Waals surface area contributed by atoms with Crippen molar-refractivity contribution in [3.63, 3.8) is 0 Å². The summed E-state index contributed by atoms with van der Waals surface area (Å²) in [6.07, 6.45) is -3.07. The first kappa shape index (κ1) is 14.6. The lowest BCUT2D eigenvalue weighted by atomic mass is 10.1. The average molecular weight is 285 g/mol. The average Bonchev–Trinajstić information content (AvgIpc) is 2.27. The third kappa shape index (κ3) is 5.17. The van der Waals surface area contributed by atoms with Crippen LogP contribution in [0.25, 0.3) is 0 Å². The van der Waals surface area contributed by atoms with Gasteiger partial charge in [0.25, 0.3) is 6.43 Å². The lowest BCUT2D eigenvalue weighted by Crippen LogP contribution is -2.08. The Balaban J connectivity index is 2.41. The molecule has 0 radical (unpaired) electrons. The van der Waals surface area contributed by atoms with Crippen molar-refractivity contribution >= 4 is 23.2 Å². The van der Waals surface area contributed by atoms with Gasteiger partial charge in [0.05, 0.1) is 16.1 Å². The summed E-state index contributed by atoms with van der Waals surface area (Å²) in [4.78, 5) is 0. The van der Waals surface area contributed by atoms with Gasteiger partial charge in [-0.2, -0.15) is 0 Å². The predicted octanol–water partition coefficient (Wildman–Crippen LogP) is 3.70. The Kier molecular flexibility index (Phi) is 6.12. The molecule has 0 spiro atoms. The molecular formula is C11H12Cl2F2O2. The van der Waals surface area contributed by atoms with Gasteiger partial charge in [0.1, 0.15) is 6.61 Å². The number of ether oxygens (including phenoxy) is 1. The molecule has 0 bridgehead atoms. The number of aliphatic hydroxyl groups excluding tert-OH is 1. The van der Waals surface area contributed by atoms with E-state index in [9.17, 15) is 13.9 Å². The number of hydrogen-bond acceptors (Lipinski definition) is 2. The summed E-state index contributed by atoms with van der Waals surface area (Å²) in [6, 6.07) is 4.75. The van der Waals surface area contributed by atoms with E-state index in [1.54, 1.807) is 18.2 Å². The molecule has 0 amide bonds. The van der Waals surface area contributed by atoms with Crippen LogP contribution in [0, 0.1) is 0 Å². The zero-order valence-corrected chi connectivity index (χ0v) is 10.4. The van der Waals surface area contributed by atoms with Crippen LogP contribution in [0.3, 0.4) is 0 Å². The summed E-state index contributed by atoms with van der Waals surface area (Å²) in [5.41, 5.74) is 0.583. The van der Waals surface area contributed by atoms with Crippen molar-refractivity contribution in [3.8, 4) is 0 Å². The van der Waals surface area contributed by atoms with Gasteiger partial charge in [0.2, 0.25) is 0 Å². The van der Waals surface area contributed by atoms with E-state index in [-0.39, 0.29) is 13.0 Å². The van der Waals surface area contributed by atoms with Crippen molar-refractivity contribution in [2.75, 3.05) is 13.2 Å². The van der Waals surface area contributed by atoms with Crippen molar-refractivity contribution in [3.05, 3.63) is 33.8 Å². The van der Waals surface area contributed by atoms with Crippen LogP contribution >= 0.6 is 23.2 Å². The summed E-state index contributed by atoms with van der Waals surface area (Å²) in [7, 11) is 0. The molecule has 2 nitrogen and oxygen atoms in total. The minimum Gasteiger partial charge on any atom is -0.388 e. The first-order chi connectivity index (χ1) is 8.00. The van der Waals surface area contributed by atoms with Gasteiger partial charge in [0.15, 0.2) is 0 Å². The van der Waals surface area contributed by atoms with Gasteiger partial charge in [0, 0.05) is 13.0 Å². The SMILES string of the molecule is OC(CCOCC(F)F)c1ccc(Cl)c(Cl)c1. The fourth-order valence-electron chi connectivity index (χ4n) is 1.25. The first-order valence-corrected chi connectivity index (χ1v) is 5.75. The molecule has 0 aliphatic heterocycles. The van der Waals surface area contributed by atoms with E-state index < -0.39 is 19.1 Å². The minimum absolute atomic E-state index is 0.0613. The smallest absolute Gasteiger partial charge is 0.261 e. The molecule has 96 valence electrons. The second kappa shape index (κ2) is 7.11. The van der Waals surface area contributed by atoms with E-state index in [1.807, 2.05) is 0 Å². The summed E-state index contributed by atoms with van der Waals surface area (Å²) >= 11 is 11.5. The van der Waals surface area contributed by atoms with Crippen molar-refractivity contribution in [2.24, 2.45) is 0 Å². The van der Waals surface area contributed by atoms with Crippen molar-refractivity contribution in [2.45, 2.75) is 19.0 Å². The maximum atomic E-state index is 11.8. The maximum Gasteiger partial charge on any atom is 0.261 e. The van der Waals surface area contributed by atoms with Crippen molar-refractivity contribution < 1.29 is 18.6 Å². The van der Waals surface area contributed by atoms with Crippen LogP contribution in [-0.2, 0) is 4.74 Å². The van der Waals surface area contributed by atoms with Gasteiger partial charge < -0.3 is 9.84 Å². The number of hydrogen-bond donors (Lipinski definition) is 1. The molecule has 1 aromatic rings. The molecule has 0 aliphatic carbocycles. The number of halogens is 4. The van der Waals surface area contributed by atoms with Crippen LogP contribution in [0.4, 0.5) is 8.78 Å². The molecule has 1 aromatic carbocycles. The summed E-state index contributed by atoms with van der Waals surface area (Å²) in [6.45, 7) is -0.556. The lowest BCUT2D eigenvalue weighted by Gasteiger charge is -2.12. The van der Waals surface area contributed by atoms with Crippen LogP contribution in [0.2, 0.25) is 10.0 Å². The molecule has 0 heterocycles. The molecule has 17 heavy (non-hydrogen) atoms. The van der Waals surface area contributed by atoms with Gasteiger partial charge in [-0.1, -0.05) is 29.3 Å². The van der Waals surface area contributed by atoms with E-state index in [1.165, 1.54) is 0 Å². The zero-order chi connectivity index (χ0) is 12.8. The first-order valence-electron chi connectivity index (χ1n) is 4.99. The van der Waals surface area contributed by atoms with Gasteiger partial charge in [-0.15, -0.1) is 0 Å². The van der Waals surface area contributed by atoms with Gasteiger partial charge >= 0.3 is 0 Å². The molecule has 1 atom stereocenters. The Labute approximate surface area is 108 Å². The standard InChI is InChI=1S/C11H12Cl2F2O2/c12-8-2-1-7(5-9(8)13)10(16)3-4-17-6-11(14)15/h1-2,5,10-11,16H,3-4,6H2. The van der Waals surface area contributed by atoms with Crippen LogP contribution in [-0.4, -0.2) is 24.7 Å². The molecule has 0 fully saturated rings. The Morgan fingerprint density at radius 2 is 1.94 bits per heavy atom. The highest BCUT2D eigenvalue weighted by Gasteiger charge is 2.10. The second-order valence-corrected chi connectivity index (χ2v) is 4.26. The monoisotopic (exact) mass is 284 g/mol. The van der Waals surface area contributed by atoms with Crippen LogP contribution in [0.15, 0.2) is 18.2 Å². The zero-order valence-electron chi connectivity index (χ0n) is 8.88. The molecule has 0 aliphatic rings. The largest absolute Gasteiger partial charge is 0.388 e. The highest BCUT2D eigenvalue weighted by atomic mass is 35.5. The molecule has 1 rings (SSSR count). The Morgan fingerprint density at radius 1 is 1.24 bits per heavy atom. The number of aliphatic hydroxyl groups is 1. The third-order valence-corrected chi connectivity index (χ3v) is 2.85. The van der Waals surface area contributed by atoms with E-state index >= 15 is 0 Å². The predicted molar refractivity (Wildman–Crippen MR) is 62.9 cm³/mol. The number of alkyl halides is 2. The summed E-state index contributed by atoms with van der Waals surface area (Å²) < 4.78 is 28.2. The Bertz CT molecular complexity index is 361. The van der Waals surface area contributed by atoms with Crippen LogP contribution < -0.4 is 0 Å². The van der Waals surface area contributed by atoms with E-state index in [2.05, 4.69) is 4.74 Å². The summed E-state index contributed by atoms with van der Waals surface area (Å²) in [5.74, 6) is 0. The quantitative estimate of drug-likeness (QED) is 0.807. The Morgan fingerprint density at radius 3 is 2.53 bits per heavy atom. The van der Waals surface area contributed by atoms with Crippen LogP contribution in [0.1, 0.15) is 18.1 Å². The summed E-state index contributed by atoms with van der Waals surface area (Å²) in [5, 5.41) is 10.5. The van der Waals surface area contributed by atoms with Gasteiger partial charge in [-0.25, -0.2) is 8.78 Å². The van der Waals surface area contributed by atoms with Crippen molar-refractivity contribution in [1.82, 2.24) is 0 Å². The number of rotatable bonds is 6. The maximum absolute atomic E-state index is 11.8.